The second kappa shape index (κ2) is 14.9. The first kappa shape index (κ1) is 35.7. The number of ketones is 1. The van der Waals surface area contributed by atoms with Gasteiger partial charge in [-0.05, 0) is 29.8 Å². The Hall–Kier alpha value is -4.55. The van der Waals surface area contributed by atoms with Gasteiger partial charge in [0.25, 0.3) is 0 Å². The lowest BCUT2D eigenvalue weighted by Gasteiger charge is -2.41. The van der Waals surface area contributed by atoms with Crippen LogP contribution in [0.25, 0.3) is 0 Å². The smallest absolute Gasteiger partial charge is 0.204 e. The second-order valence-corrected chi connectivity index (χ2v) is 11.4. The van der Waals surface area contributed by atoms with Crippen LogP contribution in [0.3, 0.4) is 0 Å². The maximum Gasteiger partial charge on any atom is 0.204 e. The van der Waals surface area contributed by atoms with Crippen LogP contribution in [-0.2, 0) is 9.47 Å². The zero-order valence-corrected chi connectivity index (χ0v) is 26.6. The van der Waals surface area contributed by atoms with E-state index in [2.05, 4.69) is 0 Å². The van der Waals surface area contributed by atoms with Crippen LogP contribution in [0.4, 0.5) is 0 Å². The monoisotopic (exact) mass is 690 g/mol. The molecule has 0 spiro atoms. The summed E-state index contributed by atoms with van der Waals surface area (Å²) >= 11 is 0. The van der Waals surface area contributed by atoms with Crippen molar-refractivity contribution in [2.45, 2.75) is 55.4 Å². The molecule has 16 nitrogen and oxygen atoms in total. The molecule has 1 fully saturated rings. The summed E-state index contributed by atoms with van der Waals surface area (Å²) in [6, 6.07) is 9.39. The van der Waals surface area contributed by atoms with Crippen LogP contribution in [0.15, 0.2) is 42.5 Å². The standard InChI is InChI=1S/C33H38O16/c1-43-21-6-14(4-5-17(21)37)31(49-33-30(42)29(41)28(40)25(12-34)48-33)26(13-35)47-32-23(44-2)7-15(8-24(32)45-3)20-11-19(39)27-18(38)9-16(36)10-22(27)46-20/h4-10,20,25-26,28-31,33-38,40-42H,11-13H2,1-3H3/t20?,25-,26+,28-,29+,30-,31-,33+/m1/s1. The number of aliphatic hydroxyl groups is 5. The van der Waals surface area contributed by atoms with Gasteiger partial charge in [0.15, 0.2) is 41.2 Å². The van der Waals surface area contributed by atoms with E-state index in [1.807, 2.05) is 0 Å². The van der Waals surface area contributed by atoms with Crippen LogP contribution >= 0.6 is 0 Å². The van der Waals surface area contributed by atoms with Crippen LogP contribution < -0.4 is 23.7 Å². The fraction of sp³-hybridized carbons (Fsp3) is 0.424. The maximum atomic E-state index is 13.0. The molecule has 0 bridgehead atoms. The fourth-order valence-corrected chi connectivity index (χ4v) is 5.74. The number of aromatic hydroxyl groups is 3. The number of methoxy groups -OCH3 is 3. The summed E-state index contributed by atoms with van der Waals surface area (Å²) < 4.78 is 40.3. The van der Waals surface area contributed by atoms with E-state index in [1.165, 1.54) is 57.7 Å². The Kier molecular flexibility index (Phi) is 10.9. The molecule has 3 aromatic rings. The van der Waals surface area contributed by atoms with Gasteiger partial charge in [0, 0.05) is 17.7 Å². The van der Waals surface area contributed by atoms with E-state index in [1.54, 1.807) is 0 Å². The van der Waals surface area contributed by atoms with Gasteiger partial charge in [-0.25, -0.2) is 0 Å². The summed E-state index contributed by atoms with van der Waals surface area (Å²) in [6.07, 6.45) is -11.9. The molecule has 3 aromatic carbocycles. The highest BCUT2D eigenvalue weighted by Gasteiger charge is 2.46. The number of fused-ring (bicyclic) bond motifs is 1. The third-order valence-corrected chi connectivity index (χ3v) is 8.29. The van der Waals surface area contributed by atoms with Crippen molar-refractivity contribution in [1.82, 2.24) is 0 Å². The lowest BCUT2D eigenvalue weighted by Crippen LogP contribution is -2.59. The molecule has 0 aliphatic carbocycles. The highest BCUT2D eigenvalue weighted by atomic mass is 16.7. The molecule has 5 rings (SSSR count). The lowest BCUT2D eigenvalue weighted by atomic mass is 9.95. The predicted molar refractivity (Wildman–Crippen MR) is 165 cm³/mol. The molecule has 0 aromatic heterocycles. The third kappa shape index (κ3) is 7.11. The van der Waals surface area contributed by atoms with Gasteiger partial charge in [-0.2, -0.15) is 0 Å². The number of carbonyl (C=O) groups is 1. The molecule has 0 saturated carbocycles. The number of Topliss-reactive ketones (excluding diaryl/α,β-unsaturated/α-hetero) is 1. The first-order valence-corrected chi connectivity index (χ1v) is 15.1. The van der Waals surface area contributed by atoms with E-state index in [0.717, 1.165) is 6.07 Å². The molecule has 8 N–H and O–H groups in total. The number of carbonyl (C=O) groups excluding carboxylic acids is 1. The molecular weight excluding hydrogens is 652 g/mol. The topological polar surface area (TPSA) is 244 Å². The first-order chi connectivity index (χ1) is 23.4. The van der Waals surface area contributed by atoms with E-state index in [4.69, 9.17) is 33.2 Å². The Bertz CT molecular complexity index is 1620. The highest BCUT2D eigenvalue weighted by Crippen LogP contribution is 2.47. The van der Waals surface area contributed by atoms with E-state index in [9.17, 15) is 45.6 Å². The van der Waals surface area contributed by atoms with Crippen molar-refractivity contribution < 1.29 is 78.8 Å². The SMILES string of the molecule is COc1cc([C@@H](O[C@@H]2O[C@H](CO)[C@@H](O)[C@H](O)[C@H]2O)[C@H](CO)Oc2c(OC)cc(C3CC(=O)c4c(O)cc(O)cc4O3)cc2OC)ccc1O. The molecule has 16 heteroatoms. The van der Waals surface area contributed by atoms with E-state index in [0.29, 0.717) is 5.56 Å². The summed E-state index contributed by atoms with van der Waals surface area (Å²) in [7, 11) is 3.99. The first-order valence-electron chi connectivity index (χ1n) is 15.1. The average molecular weight is 691 g/mol. The number of rotatable bonds is 12. The summed E-state index contributed by atoms with van der Waals surface area (Å²) in [5, 5.41) is 82.0. The Morgan fingerprint density at radius 3 is 2.12 bits per heavy atom. The van der Waals surface area contributed by atoms with Crippen molar-refractivity contribution in [3.63, 3.8) is 0 Å². The number of ether oxygens (including phenoxy) is 7. The van der Waals surface area contributed by atoms with Crippen LogP contribution in [0.1, 0.15) is 40.1 Å². The Balaban J connectivity index is 1.51. The summed E-state index contributed by atoms with van der Waals surface area (Å²) in [5.41, 5.74) is 0.593. The molecule has 2 aliphatic rings. The van der Waals surface area contributed by atoms with Crippen LogP contribution in [0.5, 0.6) is 46.0 Å². The van der Waals surface area contributed by atoms with Crippen molar-refractivity contribution in [3.8, 4) is 46.0 Å². The van der Waals surface area contributed by atoms with Crippen LogP contribution in [0.2, 0.25) is 0 Å². The van der Waals surface area contributed by atoms with Gasteiger partial charge in [-0.3, -0.25) is 4.79 Å². The van der Waals surface area contributed by atoms with E-state index < -0.39 is 73.8 Å². The zero-order valence-electron chi connectivity index (χ0n) is 26.6. The van der Waals surface area contributed by atoms with Gasteiger partial charge in [0.1, 0.15) is 59.4 Å². The van der Waals surface area contributed by atoms with Crippen LogP contribution in [-0.4, -0.2) is 118 Å². The average Bonchev–Trinajstić information content (AvgIpc) is 3.09. The summed E-state index contributed by atoms with van der Waals surface area (Å²) in [5.74, 6) is -1.24. The minimum Gasteiger partial charge on any atom is -0.508 e. The molecule has 2 aliphatic heterocycles. The third-order valence-electron chi connectivity index (χ3n) is 8.29. The minimum absolute atomic E-state index is 0.0186. The molecule has 8 atom stereocenters. The van der Waals surface area contributed by atoms with Gasteiger partial charge in [-0.1, -0.05) is 6.07 Å². The normalized spacial score (nSPS) is 24.7. The quantitative estimate of drug-likeness (QED) is 0.131. The van der Waals surface area contributed by atoms with Crippen molar-refractivity contribution in [2.24, 2.45) is 0 Å². The van der Waals surface area contributed by atoms with E-state index >= 15 is 0 Å². The lowest BCUT2D eigenvalue weighted by molar-refractivity contribution is -0.318. The molecular formula is C33H38O16. The maximum absolute atomic E-state index is 13.0. The summed E-state index contributed by atoms with van der Waals surface area (Å²) in [4.78, 5) is 13.0. The van der Waals surface area contributed by atoms with Crippen molar-refractivity contribution in [3.05, 3.63) is 59.2 Å². The second-order valence-electron chi connectivity index (χ2n) is 11.4. The van der Waals surface area contributed by atoms with Gasteiger partial charge in [-0.15, -0.1) is 0 Å². The van der Waals surface area contributed by atoms with Crippen molar-refractivity contribution in [2.75, 3.05) is 34.5 Å². The Labute approximate surface area is 279 Å². The largest absolute Gasteiger partial charge is 0.508 e. The number of hydrogen-bond acceptors (Lipinski definition) is 16. The van der Waals surface area contributed by atoms with Gasteiger partial charge >= 0.3 is 0 Å². The van der Waals surface area contributed by atoms with Crippen LogP contribution in [0, 0.1) is 0 Å². The number of benzene rings is 3. The fourth-order valence-electron chi connectivity index (χ4n) is 5.74. The molecule has 2 heterocycles. The molecule has 0 radical (unpaired) electrons. The predicted octanol–water partition coefficient (Wildman–Crippen LogP) is 0.833. The highest BCUT2D eigenvalue weighted by molar-refractivity contribution is 6.02. The number of phenolic OH excluding ortho intramolecular Hbond substituents is 3. The van der Waals surface area contributed by atoms with Crippen molar-refractivity contribution >= 4 is 5.78 Å². The molecule has 1 saturated heterocycles. The molecule has 266 valence electrons. The zero-order chi connectivity index (χ0) is 35.6. The molecule has 1 unspecified atom stereocenters. The Morgan fingerprint density at radius 2 is 1.51 bits per heavy atom. The minimum atomic E-state index is -1.80. The van der Waals surface area contributed by atoms with Gasteiger partial charge < -0.3 is 74.0 Å². The van der Waals surface area contributed by atoms with Gasteiger partial charge in [0.2, 0.25) is 5.75 Å². The molecule has 0 amide bonds. The Morgan fingerprint density at radius 1 is 0.837 bits per heavy atom. The molecule has 49 heavy (non-hydrogen) atoms. The van der Waals surface area contributed by atoms with Gasteiger partial charge in [0.05, 0.1) is 41.0 Å². The van der Waals surface area contributed by atoms with Crippen molar-refractivity contribution in [1.29, 1.82) is 0 Å². The number of aliphatic hydroxyl groups excluding tert-OH is 5. The number of hydrogen-bond donors (Lipinski definition) is 8. The summed E-state index contributed by atoms with van der Waals surface area (Å²) in [6.45, 7) is -1.45. The van der Waals surface area contributed by atoms with E-state index in [-0.39, 0.29) is 57.8 Å². The number of phenols is 3.